The van der Waals surface area contributed by atoms with Crippen LogP contribution < -0.4 is 51.4 Å². The Hall–Kier alpha value is 1.31. The smallest absolute Gasteiger partial charge is 1.00 e. The number of carbonyl (C=O) groups excluding carboxylic acids is 1. The van der Waals surface area contributed by atoms with Crippen molar-refractivity contribution < 1.29 is 57.6 Å². The summed E-state index contributed by atoms with van der Waals surface area (Å²) in [5, 5.41) is 0. The standard InChI is InChI=1S/C10H20O.K.H/c1-2-3-4-5-6-7-8-9-10-11;;/h10H,2-9H2,1H3;;/q;+1;-1. The maximum atomic E-state index is 9.94. The Morgan fingerprint density at radius 1 is 1.00 bits per heavy atom. The topological polar surface area (TPSA) is 17.1 Å². The van der Waals surface area contributed by atoms with Crippen molar-refractivity contribution in [3.63, 3.8) is 0 Å². The molecule has 68 valence electrons. The maximum Gasteiger partial charge on any atom is 1.00 e. The van der Waals surface area contributed by atoms with Gasteiger partial charge in [0.05, 0.1) is 0 Å². The number of hydrogen-bond donors (Lipinski definition) is 0. The number of rotatable bonds is 8. The van der Waals surface area contributed by atoms with Crippen molar-refractivity contribution in [1.82, 2.24) is 0 Å². The maximum absolute atomic E-state index is 9.94. The number of hydrogen-bond acceptors (Lipinski definition) is 1. The molecule has 0 spiro atoms. The molecule has 0 atom stereocenters. The molecule has 0 saturated heterocycles. The normalized spacial score (nSPS) is 9.08. The van der Waals surface area contributed by atoms with Crippen molar-refractivity contribution in [3.05, 3.63) is 0 Å². The summed E-state index contributed by atoms with van der Waals surface area (Å²) >= 11 is 0. The first-order chi connectivity index (χ1) is 5.41. The molecule has 0 fully saturated rings. The van der Waals surface area contributed by atoms with Gasteiger partial charge in [-0.05, 0) is 6.42 Å². The van der Waals surface area contributed by atoms with E-state index in [-0.39, 0.29) is 52.8 Å². The van der Waals surface area contributed by atoms with E-state index in [0.717, 1.165) is 19.1 Å². The van der Waals surface area contributed by atoms with Crippen LogP contribution >= 0.6 is 0 Å². The van der Waals surface area contributed by atoms with E-state index in [9.17, 15) is 4.79 Å². The van der Waals surface area contributed by atoms with E-state index in [2.05, 4.69) is 6.92 Å². The van der Waals surface area contributed by atoms with Crippen LogP contribution in [0.15, 0.2) is 0 Å². The average molecular weight is 196 g/mol. The van der Waals surface area contributed by atoms with Gasteiger partial charge in [0.15, 0.2) is 0 Å². The molecule has 0 amide bonds. The van der Waals surface area contributed by atoms with Gasteiger partial charge in [-0.25, -0.2) is 0 Å². The first kappa shape index (κ1) is 15.8. The van der Waals surface area contributed by atoms with Crippen LogP contribution in [0, 0.1) is 0 Å². The minimum Gasteiger partial charge on any atom is -1.00 e. The summed E-state index contributed by atoms with van der Waals surface area (Å²) < 4.78 is 0. The Morgan fingerprint density at radius 3 is 2.00 bits per heavy atom. The Labute approximate surface area is 121 Å². The molecular formula is C10H21KO. The molecule has 12 heavy (non-hydrogen) atoms. The van der Waals surface area contributed by atoms with Gasteiger partial charge >= 0.3 is 51.4 Å². The Morgan fingerprint density at radius 2 is 1.50 bits per heavy atom. The molecule has 0 heterocycles. The Balaban J connectivity index is -0.000000500. The molecule has 1 nitrogen and oxygen atoms in total. The monoisotopic (exact) mass is 196 g/mol. The average Bonchev–Trinajstić information content (AvgIpc) is 2.03. The van der Waals surface area contributed by atoms with Gasteiger partial charge in [0, 0.05) is 6.42 Å². The fourth-order valence-corrected chi connectivity index (χ4v) is 1.18. The summed E-state index contributed by atoms with van der Waals surface area (Å²) in [7, 11) is 0. The van der Waals surface area contributed by atoms with Gasteiger partial charge in [0.1, 0.15) is 6.29 Å². The zero-order valence-electron chi connectivity index (χ0n) is 9.64. The van der Waals surface area contributed by atoms with Gasteiger partial charge in [-0.3, -0.25) is 0 Å². The third kappa shape index (κ3) is 13.9. The predicted octanol–water partition coefficient (Wildman–Crippen LogP) is 0.442. The summed E-state index contributed by atoms with van der Waals surface area (Å²) in [6.07, 6.45) is 10.8. The SMILES string of the molecule is CCCCCCCCCC=O.[H-].[K+]. The zero-order valence-corrected chi connectivity index (χ0v) is 11.8. The molecule has 0 rings (SSSR count). The van der Waals surface area contributed by atoms with Crippen LogP contribution in [0.4, 0.5) is 0 Å². The Bertz CT molecular complexity index is 89.0. The van der Waals surface area contributed by atoms with E-state index in [4.69, 9.17) is 0 Å². The second-order valence-corrected chi connectivity index (χ2v) is 3.08. The van der Waals surface area contributed by atoms with Gasteiger partial charge in [0.25, 0.3) is 0 Å². The number of carbonyl (C=O) groups is 1. The van der Waals surface area contributed by atoms with Gasteiger partial charge in [-0.2, -0.15) is 0 Å². The molecule has 0 radical (unpaired) electrons. The largest absolute Gasteiger partial charge is 1.00 e. The van der Waals surface area contributed by atoms with Crippen molar-refractivity contribution in [2.75, 3.05) is 0 Å². The third-order valence-electron chi connectivity index (χ3n) is 1.93. The van der Waals surface area contributed by atoms with Crippen molar-refractivity contribution in [2.24, 2.45) is 0 Å². The van der Waals surface area contributed by atoms with Gasteiger partial charge < -0.3 is 6.22 Å². The van der Waals surface area contributed by atoms with E-state index in [1.54, 1.807) is 0 Å². The second kappa shape index (κ2) is 14.8. The van der Waals surface area contributed by atoms with Gasteiger partial charge in [-0.1, -0.05) is 45.4 Å². The van der Waals surface area contributed by atoms with Crippen LogP contribution in [0.1, 0.15) is 59.7 Å². The Kier molecular flexibility index (Phi) is 19.5. The van der Waals surface area contributed by atoms with E-state index in [0.29, 0.717) is 0 Å². The first-order valence-corrected chi connectivity index (χ1v) is 4.85. The fourth-order valence-electron chi connectivity index (χ4n) is 1.18. The van der Waals surface area contributed by atoms with E-state index in [1.165, 1.54) is 38.5 Å². The molecule has 2 heteroatoms. The molecular weight excluding hydrogens is 175 g/mol. The van der Waals surface area contributed by atoms with Crippen LogP contribution in [-0.2, 0) is 4.79 Å². The summed E-state index contributed by atoms with van der Waals surface area (Å²) in [6.45, 7) is 2.23. The van der Waals surface area contributed by atoms with Crippen LogP contribution in [-0.4, -0.2) is 6.29 Å². The molecule has 0 aliphatic rings. The molecule has 0 aliphatic heterocycles. The first-order valence-electron chi connectivity index (χ1n) is 4.85. The van der Waals surface area contributed by atoms with Crippen molar-refractivity contribution in [2.45, 2.75) is 58.3 Å². The zero-order chi connectivity index (χ0) is 8.36. The number of unbranched alkanes of at least 4 members (excludes halogenated alkanes) is 7. The fraction of sp³-hybridized carbons (Fsp3) is 0.900. The minimum atomic E-state index is 0. The minimum absolute atomic E-state index is 0. The molecule has 0 N–H and O–H groups in total. The van der Waals surface area contributed by atoms with Gasteiger partial charge in [-0.15, -0.1) is 0 Å². The van der Waals surface area contributed by atoms with E-state index < -0.39 is 0 Å². The van der Waals surface area contributed by atoms with Gasteiger partial charge in [0.2, 0.25) is 0 Å². The molecule has 0 aromatic carbocycles. The molecule has 0 saturated carbocycles. The van der Waals surface area contributed by atoms with E-state index >= 15 is 0 Å². The molecule has 0 bridgehead atoms. The summed E-state index contributed by atoms with van der Waals surface area (Å²) in [4.78, 5) is 9.94. The van der Waals surface area contributed by atoms with Crippen molar-refractivity contribution in [1.29, 1.82) is 0 Å². The van der Waals surface area contributed by atoms with E-state index in [1.807, 2.05) is 0 Å². The predicted molar refractivity (Wildman–Crippen MR) is 49.8 cm³/mol. The third-order valence-corrected chi connectivity index (χ3v) is 1.93. The molecule has 0 aliphatic carbocycles. The summed E-state index contributed by atoms with van der Waals surface area (Å²) in [5.41, 5.74) is 0. The van der Waals surface area contributed by atoms with Crippen LogP contribution in [0.25, 0.3) is 0 Å². The molecule has 0 aromatic rings. The second-order valence-electron chi connectivity index (χ2n) is 3.08. The van der Waals surface area contributed by atoms with Crippen molar-refractivity contribution >= 4 is 6.29 Å². The molecule has 0 aromatic heterocycles. The molecule has 0 unspecified atom stereocenters. The van der Waals surface area contributed by atoms with Crippen LogP contribution in [0.3, 0.4) is 0 Å². The summed E-state index contributed by atoms with van der Waals surface area (Å²) in [5.74, 6) is 0. The quantitative estimate of drug-likeness (QED) is 0.313. The number of aldehydes is 1. The van der Waals surface area contributed by atoms with Crippen LogP contribution in [0.2, 0.25) is 0 Å². The van der Waals surface area contributed by atoms with Crippen LogP contribution in [0.5, 0.6) is 0 Å². The van der Waals surface area contributed by atoms with Crippen molar-refractivity contribution in [3.8, 4) is 0 Å². The summed E-state index contributed by atoms with van der Waals surface area (Å²) in [6, 6.07) is 0.